The molecule has 1 aromatic rings. The number of hydrogen-bond donors (Lipinski definition) is 2. The van der Waals surface area contributed by atoms with E-state index in [0.717, 1.165) is 41.9 Å². The lowest BCUT2D eigenvalue weighted by molar-refractivity contribution is 0.328. The maximum Gasteiger partial charge on any atom is 0.134 e. The molecule has 2 rings (SSSR count). The molecule has 0 spiro atoms. The third-order valence-corrected chi connectivity index (χ3v) is 4.52. The molecule has 1 atom stereocenters. The molecule has 1 unspecified atom stereocenters. The molecule has 1 aromatic heterocycles. The van der Waals surface area contributed by atoms with E-state index in [4.69, 9.17) is 0 Å². The molecular weight excluding hydrogens is 260 g/mol. The third-order valence-electron chi connectivity index (χ3n) is 4.52. The molecule has 1 fully saturated rings. The normalized spacial score (nSPS) is 17.5. The number of aryl methyl sites for hydroxylation is 1. The molecule has 4 heteroatoms. The summed E-state index contributed by atoms with van der Waals surface area (Å²) in [5, 5.41) is 7.05. The number of anilines is 2. The highest BCUT2D eigenvalue weighted by Crippen LogP contribution is 2.29. The standard InChI is InChI=1S/C17H30N4/c1-5-11-18-16-12(2)17(21-14(4)20-16)19-13(3)15-9-7-6-8-10-15/h13,15H,5-11H2,1-4H3,(H2,18,19,20,21). The summed E-state index contributed by atoms with van der Waals surface area (Å²) in [6, 6.07) is 0.484. The van der Waals surface area contributed by atoms with E-state index < -0.39 is 0 Å². The fourth-order valence-corrected chi connectivity index (χ4v) is 3.15. The van der Waals surface area contributed by atoms with Crippen LogP contribution in [0.4, 0.5) is 11.6 Å². The minimum Gasteiger partial charge on any atom is -0.370 e. The highest BCUT2D eigenvalue weighted by atomic mass is 15.1. The van der Waals surface area contributed by atoms with Crippen LogP contribution in [0.25, 0.3) is 0 Å². The van der Waals surface area contributed by atoms with Crippen LogP contribution < -0.4 is 10.6 Å². The number of rotatable bonds is 6. The van der Waals surface area contributed by atoms with E-state index in [1.165, 1.54) is 32.1 Å². The Hall–Kier alpha value is -1.32. The average molecular weight is 290 g/mol. The van der Waals surface area contributed by atoms with E-state index in [2.05, 4.69) is 41.4 Å². The van der Waals surface area contributed by atoms with Crippen molar-refractivity contribution in [2.75, 3.05) is 17.2 Å². The second kappa shape index (κ2) is 7.62. The smallest absolute Gasteiger partial charge is 0.134 e. The van der Waals surface area contributed by atoms with Crippen LogP contribution in [0.15, 0.2) is 0 Å². The topological polar surface area (TPSA) is 49.8 Å². The van der Waals surface area contributed by atoms with Crippen LogP contribution in [-0.4, -0.2) is 22.6 Å². The first-order valence-electron chi connectivity index (χ1n) is 8.47. The van der Waals surface area contributed by atoms with Crippen molar-refractivity contribution in [3.63, 3.8) is 0 Å². The number of nitrogens with one attached hydrogen (secondary N) is 2. The van der Waals surface area contributed by atoms with Crippen molar-refractivity contribution in [2.24, 2.45) is 5.92 Å². The second-order valence-corrected chi connectivity index (χ2v) is 6.35. The highest BCUT2D eigenvalue weighted by Gasteiger charge is 2.21. The molecule has 118 valence electrons. The Morgan fingerprint density at radius 3 is 2.43 bits per heavy atom. The Labute approximate surface area is 129 Å². The molecule has 0 radical (unpaired) electrons. The minimum absolute atomic E-state index is 0.484. The maximum absolute atomic E-state index is 4.61. The van der Waals surface area contributed by atoms with Gasteiger partial charge in [-0.05, 0) is 46.0 Å². The van der Waals surface area contributed by atoms with Crippen molar-refractivity contribution in [3.05, 3.63) is 11.4 Å². The van der Waals surface area contributed by atoms with Gasteiger partial charge in [-0.2, -0.15) is 0 Å². The van der Waals surface area contributed by atoms with Crippen LogP contribution in [0, 0.1) is 19.8 Å². The lowest BCUT2D eigenvalue weighted by Gasteiger charge is -2.29. The average Bonchev–Trinajstić information content (AvgIpc) is 2.50. The summed E-state index contributed by atoms with van der Waals surface area (Å²) in [5.74, 6) is 3.58. The lowest BCUT2D eigenvalue weighted by Crippen LogP contribution is -2.28. The fraction of sp³-hybridized carbons (Fsp3) is 0.765. The monoisotopic (exact) mass is 290 g/mol. The Balaban J connectivity index is 2.09. The Kier molecular flexibility index (Phi) is 5.83. The number of hydrogen-bond acceptors (Lipinski definition) is 4. The van der Waals surface area contributed by atoms with Crippen molar-refractivity contribution in [1.29, 1.82) is 0 Å². The zero-order valence-electron chi connectivity index (χ0n) is 14.0. The van der Waals surface area contributed by atoms with Gasteiger partial charge in [-0.3, -0.25) is 0 Å². The number of nitrogens with zero attached hydrogens (tertiary/aromatic N) is 2. The van der Waals surface area contributed by atoms with Gasteiger partial charge in [-0.25, -0.2) is 9.97 Å². The van der Waals surface area contributed by atoms with Gasteiger partial charge in [0.05, 0.1) is 0 Å². The Morgan fingerprint density at radius 1 is 1.10 bits per heavy atom. The van der Waals surface area contributed by atoms with Gasteiger partial charge in [0.15, 0.2) is 0 Å². The fourth-order valence-electron chi connectivity index (χ4n) is 3.15. The molecule has 1 aliphatic rings. The number of aromatic nitrogens is 2. The van der Waals surface area contributed by atoms with Gasteiger partial charge in [-0.15, -0.1) is 0 Å². The van der Waals surface area contributed by atoms with Crippen LogP contribution in [0.5, 0.6) is 0 Å². The predicted molar refractivity (Wildman–Crippen MR) is 89.9 cm³/mol. The summed E-state index contributed by atoms with van der Waals surface area (Å²) in [6.07, 6.45) is 7.95. The molecule has 1 heterocycles. The van der Waals surface area contributed by atoms with Gasteiger partial charge < -0.3 is 10.6 Å². The van der Waals surface area contributed by atoms with E-state index in [1.54, 1.807) is 0 Å². The Morgan fingerprint density at radius 2 is 1.76 bits per heavy atom. The molecule has 0 bridgehead atoms. The molecule has 4 nitrogen and oxygen atoms in total. The molecule has 21 heavy (non-hydrogen) atoms. The summed E-state index contributed by atoms with van der Waals surface area (Å²) in [7, 11) is 0. The van der Waals surface area contributed by atoms with E-state index in [9.17, 15) is 0 Å². The van der Waals surface area contributed by atoms with Gasteiger partial charge in [-0.1, -0.05) is 26.2 Å². The van der Waals surface area contributed by atoms with Gasteiger partial charge in [0.1, 0.15) is 17.5 Å². The summed E-state index contributed by atoms with van der Waals surface area (Å²) in [6.45, 7) is 9.49. The maximum atomic E-state index is 4.61. The van der Waals surface area contributed by atoms with Crippen LogP contribution in [0.2, 0.25) is 0 Å². The largest absolute Gasteiger partial charge is 0.370 e. The van der Waals surface area contributed by atoms with Crippen LogP contribution in [0.1, 0.15) is 63.8 Å². The predicted octanol–water partition coefficient (Wildman–Crippen LogP) is 4.30. The van der Waals surface area contributed by atoms with Crippen molar-refractivity contribution in [2.45, 2.75) is 72.3 Å². The summed E-state index contributed by atoms with van der Waals surface area (Å²) < 4.78 is 0. The molecule has 0 saturated heterocycles. The molecule has 0 aliphatic heterocycles. The van der Waals surface area contributed by atoms with E-state index in [0.29, 0.717) is 6.04 Å². The summed E-state index contributed by atoms with van der Waals surface area (Å²) >= 11 is 0. The molecule has 0 aromatic carbocycles. The summed E-state index contributed by atoms with van der Waals surface area (Å²) in [5.41, 5.74) is 1.14. The molecule has 1 saturated carbocycles. The van der Waals surface area contributed by atoms with Crippen molar-refractivity contribution in [1.82, 2.24) is 9.97 Å². The van der Waals surface area contributed by atoms with Gasteiger partial charge in [0.2, 0.25) is 0 Å². The van der Waals surface area contributed by atoms with Crippen LogP contribution >= 0.6 is 0 Å². The first kappa shape index (κ1) is 16.1. The van der Waals surface area contributed by atoms with Crippen molar-refractivity contribution < 1.29 is 0 Å². The SMILES string of the molecule is CCCNc1nc(C)nc(NC(C)C2CCCCC2)c1C. The van der Waals surface area contributed by atoms with E-state index >= 15 is 0 Å². The first-order valence-corrected chi connectivity index (χ1v) is 8.47. The molecule has 0 amide bonds. The molecular formula is C17H30N4. The minimum atomic E-state index is 0.484. The first-order chi connectivity index (χ1) is 10.1. The zero-order valence-corrected chi connectivity index (χ0v) is 14.0. The van der Waals surface area contributed by atoms with Crippen LogP contribution in [0.3, 0.4) is 0 Å². The van der Waals surface area contributed by atoms with E-state index in [1.807, 2.05) is 6.92 Å². The van der Waals surface area contributed by atoms with Gasteiger partial charge in [0, 0.05) is 18.2 Å². The Bertz CT molecular complexity index is 452. The quantitative estimate of drug-likeness (QED) is 0.820. The highest BCUT2D eigenvalue weighted by molar-refractivity contribution is 5.57. The zero-order chi connectivity index (χ0) is 15.2. The third kappa shape index (κ3) is 4.32. The lowest BCUT2D eigenvalue weighted by atomic mass is 9.84. The molecule has 1 aliphatic carbocycles. The second-order valence-electron chi connectivity index (χ2n) is 6.35. The molecule has 2 N–H and O–H groups in total. The van der Waals surface area contributed by atoms with E-state index in [-0.39, 0.29) is 0 Å². The van der Waals surface area contributed by atoms with Crippen molar-refractivity contribution >= 4 is 11.6 Å². The van der Waals surface area contributed by atoms with Gasteiger partial charge in [0.25, 0.3) is 0 Å². The van der Waals surface area contributed by atoms with Crippen molar-refractivity contribution in [3.8, 4) is 0 Å². The van der Waals surface area contributed by atoms with Gasteiger partial charge >= 0.3 is 0 Å². The van der Waals surface area contributed by atoms with Crippen LogP contribution in [-0.2, 0) is 0 Å². The summed E-state index contributed by atoms with van der Waals surface area (Å²) in [4.78, 5) is 9.14.